The van der Waals surface area contributed by atoms with Crippen LogP contribution in [0.15, 0.2) is 29.2 Å². The molecule has 1 aromatic heterocycles. The molecule has 0 aliphatic heterocycles. The van der Waals surface area contributed by atoms with Gasteiger partial charge in [0.2, 0.25) is 5.78 Å². The number of aromatic amines is 1. The monoisotopic (exact) mass is 423 g/mol. The number of nitrogens with one attached hydrogen (secondary N) is 1. The van der Waals surface area contributed by atoms with E-state index in [0.717, 1.165) is 4.90 Å². The minimum atomic E-state index is -0.963. The third-order valence-corrected chi connectivity index (χ3v) is 5.41. The number of ether oxygens (including phenoxy) is 2. The van der Waals surface area contributed by atoms with Gasteiger partial charge in [-0.3, -0.25) is 9.59 Å². The van der Waals surface area contributed by atoms with Gasteiger partial charge in [0.1, 0.15) is 0 Å². The second kappa shape index (κ2) is 9.80. The Morgan fingerprint density at radius 1 is 1.18 bits per heavy atom. The average molecular weight is 424 g/mol. The maximum atomic E-state index is 12.6. The molecule has 28 heavy (non-hydrogen) atoms. The van der Waals surface area contributed by atoms with Gasteiger partial charge in [0, 0.05) is 21.4 Å². The van der Waals surface area contributed by atoms with Crippen LogP contribution in [0.5, 0.6) is 0 Å². The molecule has 1 N–H and O–H groups in total. The van der Waals surface area contributed by atoms with Crippen LogP contribution >= 0.6 is 23.4 Å². The lowest BCUT2D eigenvalue weighted by Gasteiger charge is -2.12. The Bertz CT molecular complexity index is 875. The van der Waals surface area contributed by atoms with Gasteiger partial charge in [-0.1, -0.05) is 11.6 Å². The molecule has 0 amide bonds. The van der Waals surface area contributed by atoms with E-state index in [1.54, 1.807) is 26.0 Å². The van der Waals surface area contributed by atoms with Crippen LogP contribution in [0.1, 0.15) is 45.4 Å². The highest BCUT2D eigenvalue weighted by Gasteiger charge is 2.27. The van der Waals surface area contributed by atoms with Gasteiger partial charge in [0.15, 0.2) is 6.10 Å². The molecule has 0 saturated heterocycles. The molecule has 8 heteroatoms. The van der Waals surface area contributed by atoms with Crippen LogP contribution in [-0.2, 0) is 14.3 Å². The molecule has 6 nitrogen and oxygen atoms in total. The van der Waals surface area contributed by atoms with Gasteiger partial charge in [0.25, 0.3) is 0 Å². The maximum Gasteiger partial charge on any atom is 0.339 e. The Hall–Kier alpha value is -2.25. The van der Waals surface area contributed by atoms with Crippen molar-refractivity contribution in [3.05, 3.63) is 51.8 Å². The minimum Gasteiger partial charge on any atom is -0.465 e. The van der Waals surface area contributed by atoms with Gasteiger partial charge in [-0.05, 0) is 50.6 Å². The van der Waals surface area contributed by atoms with E-state index in [-0.39, 0.29) is 12.1 Å². The minimum absolute atomic E-state index is 0.168. The number of methoxy groups -OCH3 is 1. The molecule has 0 aliphatic carbocycles. The highest BCUT2D eigenvalue weighted by molar-refractivity contribution is 7.99. The zero-order valence-corrected chi connectivity index (χ0v) is 17.7. The molecule has 0 saturated carbocycles. The van der Waals surface area contributed by atoms with E-state index in [9.17, 15) is 14.4 Å². The summed E-state index contributed by atoms with van der Waals surface area (Å²) in [4.78, 5) is 40.4. The number of esters is 2. The Morgan fingerprint density at radius 2 is 1.82 bits per heavy atom. The lowest BCUT2D eigenvalue weighted by Crippen LogP contribution is -2.25. The van der Waals surface area contributed by atoms with Crippen molar-refractivity contribution in [3.63, 3.8) is 0 Å². The van der Waals surface area contributed by atoms with Crippen molar-refractivity contribution in [1.82, 2.24) is 4.98 Å². The first-order valence-electron chi connectivity index (χ1n) is 8.64. The van der Waals surface area contributed by atoms with Crippen molar-refractivity contribution in [1.29, 1.82) is 0 Å². The summed E-state index contributed by atoms with van der Waals surface area (Å²) in [6.07, 6.45) is -0.795. The zero-order valence-electron chi connectivity index (χ0n) is 16.1. The first-order chi connectivity index (χ1) is 13.2. The smallest absolute Gasteiger partial charge is 0.339 e. The first kappa shape index (κ1) is 22.0. The van der Waals surface area contributed by atoms with E-state index >= 15 is 0 Å². The SMILES string of the molecule is COC(=O)c1c(C)[nH]c(C(=O)[C@@H](C)OC(=O)CCSc2ccc(Cl)cc2)c1C. The normalized spacial score (nSPS) is 11.8. The summed E-state index contributed by atoms with van der Waals surface area (Å²) in [5, 5.41) is 0.654. The van der Waals surface area contributed by atoms with Crippen molar-refractivity contribution < 1.29 is 23.9 Å². The quantitative estimate of drug-likeness (QED) is 0.385. The number of ketones is 1. The number of aromatic nitrogens is 1. The van der Waals surface area contributed by atoms with E-state index < -0.39 is 23.8 Å². The van der Waals surface area contributed by atoms with Crippen LogP contribution in [0.2, 0.25) is 5.02 Å². The number of Topliss-reactive ketones (excluding diaryl/α,β-unsaturated/α-hetero) is 1. The van der Waals surface area contributed by atoms with E-state index in [1.807, 2.05) is 12.1 Å². The van der Waals surface area contributed by atoms with Gasteiger partial charge < -0.3 is 14.5 Å². The predicted octanol–water partition coefficient (Wildman–Crippen LogP) is 4.37. The molecule has 1 heterocycles. The number of hydrogen-bond donors (Lipinski definition) is 1. The lowest BCUT2D eigenvalue weighted by atomic mass is 10.1. The number of halogens is 1. The molecule has 1 atom stereocenters. The maximum absolute atomic E-state index is 12.6. The summed E-state index contributed by atoms with van der Waals surface area (Å²) in [6, 6.07) is 7.32. The molecule has 0 spiro atoms. The number of aryl methyl sites for hydroxylation is 1. The van der Waals surface area contributed by atoms with E-state index in [1.165, 1.54) is 25.8 Å². The van der Waals surface area contributed by atoms with Gasteiger partial charge in [0.05, 0.1) is 24.8 Å². The van der Waals surface area contributed by atoms with Crippen LogP contribution in [0.3, 0.4) is 0 Å². The summed E-state index contributed by atoms with van der Waals surface area (Å²) in [5.41, 5.74) is 1.58. The lowest BCUT2D eigenvalue weighted by molar-refractivity contribution is -0.145. The highest BCUT2D eigenvalue weighted by Crippen LogP contribution is 2.22. The highest BCUT2D eigenvalue weighted by atomic mass is 35.5. The zero-order chi connectivity index (χ0) is 20.8. The summed E-state index contributed by atoms with van der Waals surface area (Å²) < 4.78 is 9.99. The number of rotatable bonds is 8. The van der Waals surface area contributed by atoms with Crippen LogP contribution in [0.4, 0.5) is 0 Å². The third kappa shape index (κ3) is 5.39. The van der Waals surface area contributed by atoms with Crippen LogP contribution in [-0.4, -0.2) is 41.7 Å². The molecular weight excluding hydrogens is 402 g/mol. The number of carbonyl (C=O) groups excluding carboxylic acids is 3. The summed E-state index contributed by atoms with van der Waals surface area (Å²) in [5.74, 6) is -0.853. The molecule has 0 aliphatic rings. The largest absolute Gasteiger partial charge is 0.465 e. The molecule has 0 radical (unpaired) electrons. The Labute approximate surface area is 172 Å². The number of benzene rings is 1. The van der Waals surface area contributed by atoms with E-state index in [4.69, 9.17) is 21.1 Å². The van der Waals surface area contributed by atoms with Crippen molar-refractivity contribution in [2.45, 2.75) is 38.2 Å². The van der Waals surface area contributed by atoms with Gasteiger partial charge in [-0.25, -0.2) is 4.79 Å². The molecule has 0 bridgehead atoms. The Kier molecular flexibility index (Phi) is 7.71. The van der Waals surface area contributed by atoms with Crippen molar-refractivity contribution in [2.75, 3.05) is 12.9 Å². The van der Waals surface area contributed by atoms with Crippen LogP contribution < -0.4 is 0 Å². The Balaban J connectivity index is 1.92. The van der Waals surface area contributed by atoms with Gasteiger partial charge in [-0.15, -0.1) is 11.8 Å². The van der Waals surface area contributed by atoms with E-state index in [0.29, 0.717) is 27.6 Å². The summed E-state index contributed by atoms with van der Waals surface area (Å²) in [6.45, 7) is 4.85. The number of carbonyl (C=O) groups is 3. The standard InChI is InChI=1S/C20H22ClNO5S/c1-11-17(20(25)26-4)12(2)22-18(11)19(24)13(3)27-16(23)9-10-28-15-7-5-14(21)6-8-15/h5-8,13,22H,9-10H2,1-4H3/t13-/m1/s1. The number of H-pyrrole nitrogens is 1. The molecule has 2 rings (SSSR count). The van der Waals surface area contributed by atoms with E-state index in [2.05, 4.69) is 4.98 Å². The summed E-state index contributed by atoms with van der Waals surface area (Å²) in [7, 11) is 1.28. The second-order valence-electron chi connectivity index (χ2n) is 6.17. The molecule has 0 fully saturated rings. The topological polar surface area (TPSA) is 85.5 Å². The Morgan fingerprint density at radius 3 is 2.43 bits per heavy atom. The third-order valence-electron chi connectivity index (χ3n) is 4.14. The summed E-state index contributed by atoms with van der Waals surface area (Å²) >= 11 is 7.34. The second-order valence-corrected chi connectivity index (χ2v) is 7.77. The van der Waals surface area contributed by atoms with Crippen LogP contribution in [0.25, 0.3) is 0 Å². The van der Waals surface area contributed by atoms with Crippen molar-refractivity contribution >= 4 is 41.1 Å². The molecule has 0 unspecified atom stereocenters. The van der Waals surface area contributed by atoms with Crippen molar-refractivity contribution in [3.8, 4) is 0 Å². The fourth-order valence-corrected chi connectivity index (χ4v) is 3.66. The number of thioether (sulfide) groups is 1. The molecule has 1 aromatic carbocycles. The average Bonchev–Trinajstić information content (AvgIpc) is 2.96. The van der Waals surface area contributed by atoms with Crippen molar-refractivity contribution in [2.24, 2.45) is 0 Å². The first-order valence-corrected chi connectivity index (χ1v) is 10.0. The van der Waals surface area contributed by atoms with Gasteiger partial charge in [-0.2, -0.15) is 0 Å². The predicted molar refractivity (Wildman–Crippen MR) is 108 cm³/mol. The molecular formula is C20H22ClNO5S. The molecule has 2 aromatic rings. The molecule has 150 valence electrons. The van der Waals surface area contributed by atoms with Crippen LogP contribution in [0, 0.1) is 13.8 Å². The number of hydrogen-bond acceptors (Lipinski definition) is 6. The fraction of sp³-hybridized carbons (Fsp3) is 0.350. The van der Waals surface area contributed by atoms with Gasteiger partial charge >= 0.3 is 11.9 Å². The fourth-order valence-electron chi connectivity index (χ4n) is 2.70.